The van der Waals surface area contributed by atoms with Crippen LogP contribution >= 0.6 is 15.9 Å². The summed E-state index contributed by atoms with van der Waals surface area (Å²) in [7, 11) is 0. The normalized spacial score (nSPS) is 21.5. The standard InChI is InChI=1S/C22H25BrN2O5/c1-13(2)11-18(25-20(27)16-5-3-4-6-17(16)21(25)28)22(29)30-12-19(26)24-15-9-7-14(23)8-10-15/h3-4,7-10,13,16-18H,5-6,11-12H2,1-2H3,(H,24,26). The van der Waals surface area contributed by atoms with Crippen LogP contribution in [0.5, 0.6) is 0 Å². The van der Waals surface area contributed by atoms with Crippen LogP contribution in [0.4, 0.5) is 5.69 Å². The predicted octanol–water partition coefficient (Wildman–Crippen LogP) is 3.30. The number of hydrogen-bond donors (Lipinski definition) is 1. The van der Waals surface area contributed by atoms with E-state index in [0.717, 1.165) is 9.37 Å². The first-order valence-corrected chi connectivity index (χ1v) is 10.8. The lowest BCUT2D eigenvalue weighted by atomic mass is 9.85. The molecule has 2 aliphatic rings. The highest BCUT2D eigenvalue weighted by molar-refractivity contribution is 9.10. The largest absolute Gasteiger partial charge is 0.454 e. The van der Waals surface area contributed by atoms with Crippen LogP contribution in [0.25, 0.3) is 0 Å². The van der Waals surface area contributed by atoms with Crippen LogP contribution in [0.15, 0.2) is 40.9 Å². The summed E-state index contributed by atoms with van der Waals surface area (Å²) in [4.78, 5) is 51.7. The molecular formula is C22H25BrN2O5. The van der Waals surface area contributed by atoms with Gasteiger partial charge in [-0.1, -0.05) is 41.9 Å². The fourth-order valence-electron chi connectivity index (χ4n) is 3.85. The second-order valence-corrected chi connectivity index (χ2v) is 8.93. The third-order valence-corrected chi connectivity index (χ3v) is 5.82. The number of nitrogens with zero attached hydrogens (tertiary/aromatic N) is 1. The van der Waals surface area contributed by atoms with Crippen LogP contribution in [0.2, 0.25) is 0 Å². The van der Waals surface area contributed by atoms with Gasteiger partial charge in [0.05, 0.1) is 11.8 Å². The Balaban J connectivity index is 1.65. The minimum Gasteiger partial charge on any atom is -0.454 e. The minimum absolute atomic E-state index is 0.0560. The first-order valence-electron chi connectivity index (χ1n) is 10.0. The number of likely N-dealkylation sites (tertiary alicyclic amines) is 1. The van der Waals surface area contributed by atoms with Crippen LogP contribution in [0, 0.1) is 17.8 Å². The smallest absolute Gasteiger partial charge is 0.329 e. The summed E-state index contributed by atoms with van der Waals surface area (Å²) in [5, 5.41) is 2.64. The summed E-state index contributed by atoms with van der Waals surface area (Å²) < 4.78 is 6.08. The molecule has 3 rings (SSSR count). The molecule has 0 saturated carbocycles. The third kappa shape index (κ3) is 4.98. The van der Waals surface area contributed by atoms with Crippen molar-refractivity contribution >= 4 is 45.3 Å². The van der Waals surface area contributed by atoms with E-state index in [1.165, 1.54) is 0 Å². The van der Waals surface area contributed by atoms with Crippen LogP contribution in [0.1, 0.15) is 33.1 Å². The van der Waals surface area contributed by atoms with Crippen molar-refractivity contribution < 1.29 is 23.9 Å². The number of amides is 3. The lowest BCUT2D eigenvalue weighted by Gasteiger charge is -2.26. The third-order valence-electron chi connectivity index (χ3n) is 5.29. The zero-order valence-electron chi connectivity index (χ0n) is 17.0. The van der Waals surface area contributed by atoms with E-state index in [-0.39, 0.29) is 24.2 Å². The highest BCUT2D eigenvalue weighted by Gasteiger charge is 2.51. The van der Waals surface area contributed by atoms with Gasteiger partial charge in [0.2, 0.25) is 11.8 Å². The molecule has 1 aliphatic heterocycles. The van der Waals surface area contributed by atoms with Crippen molar-refractivity contribution in [3.63, 3.8) is 0 Å². The van der Waals surface area contributed by atoms with E-state index in [1.807, 2.05) is 26.0 Å². The van der Waals surface area contributed by atoms with E-state index in [9.17, 15) is 19.2 Å². The van der Waals surface area contributed by atoms with Gasteiger partial charge in [0, 0.05) is 10.2 Å². The Morgan fingerprint density at radius 2 is 1.67 bits per heavy atom. The van der Waals surface area contributed by atoms with Gasteiger partial charge in [0.15, 0.2) is 6.61 Å². The van der Waals surface area contributed by atoms with Gasteiger partial charge in [-0.05, 0) is 49.4 Å². The van der Waals surface area contributed by atoms with Crippen LogP contribution < -0.4 is 5.32 Å². The number of esters is 1. The Kier molecular flexibility index (Phi) is 7.07. The number of rotatable bonds is 7. The number of hydrogen-bond acceptors (Lipinski definition) is 5. The minimum atomic E-state index is -1.02. The molecule has 1 saturated heterocycles. The molecule has 3 amide bonds. The number of carbonyl (C=O) groups excluding carboxylic acids is 4. The Bertz CT molecular complexity index is 839. The van der Waals surface area contributed by atoms with Gasteiger partial charge in [-0.15, -0.1) is 0 Å². The number of fused-ring (bicyclic) bond motifs is 1. The summed E-state index contributed by atoms with van der Waals surface area (Å²) in [6, 6.07) is 5.96. The summed E-state index contributed by atoms with van der Waals surface area (Å²) in [5.74, 6) is -2.64. The molecular weight excluding hydrogens is 452 g/mol. The van der Waals surface area contributed by atoms with Gasteiger partial charge in [0.1, 0.15) is 6.04 Å². The second kappa shape index (κ2) is 9.55. The van der Waals surface area contributed by atoms with E-state index in [1.54, 1.807) is 24.3 Å². The van der Waals surface area contributed by atoms with Crippen molar-refractivity contribution in [2.24, 2.45) is 17.8 Å². The van der Waals surface area contributed by atoms with E-state index in [0.29, 0.717) is 18.5 Å². The number of anilines is 1. The topological polar surface area (TPSA) is 92.8 Å². The summed E-state index contributed by atoms with van der Waals surface area (Å²) in [6.07, 6.45) is 5.10. The molecule has 1 heterocycles. The maximum Gasteiger partial charge on any atom is 0.329 e. The number of imide groups is 1. The van der Waals surface area contributed by atoms with Crippen molar-refractivity contribution in [1.29, 1.82) is 0 Å². The molecule has 0 radical (unpaired) electrons. The molecule has 1 aromatic carbocycles. The van der Waals surface area contributed by atoms with Crippen molar-refractivity contribution in [2.75, 3.05) is 11.9 Å². The van der Waals surface area contributed by atoms with Gasteiger partial charge in [0.25, 0.3) is 5.91 Å². The van der Waals surface area contributed by atoms with Gasteiger partial charge in [-0.25, -0.2) is 4.79 Å². The van der Waals surface area contributed by atoms with E-state index in [2.05, 4.69) is 21.2 Å². The van der Waals surface area contributed by atoms with Gasteiger partial charge in [-0.3, -0.25) is 19.3 Å². The molecule has 3 atom stereocenters. The zero-order chi connectivity index (χ0) is 21.8. The molecule has 0 aromatic heterocycles. The van der Waals surface area contributed by atoms with Gasteiger partial charge >= 0.3 is 5.97 Å². The van der Waals surface area contributed by atoms with Crippen molar-refractivity contribution in [1.82, 2.24) is 4.90 Å². The first-order chi connectivity index (χ1) is 14.3. The monoisotopic (exact) mass is 476 g/mol. The maximum atomic E-state index is 12.9. The average Bonchev–Trinajstić information content (AvgIpc) is 2.97. The molecule has 160 valence electrons. The predicted molar refractivity (Wildman–Crippen MR) is 114 cm³/mol. The number of carbonyl (C=O) groups is 4. The highest BCUT2D eigenvalue weighted by Crippen LogP contribution is 2.37. The van der Waals surface area contributed by atoms with Crippen molar-refractivity contribution in [2.45, 2.75) is 39.2 Å². The van der Waals surface area contributed by atoms with Crippen LogP contribution in [0.3, 0.4) is 0 Å². The molecule has 8 heteroatoms. The Morgan fingerprint density at radius 1 is 1.10 bits per heavy atom. The molecule has 0 bridgehead atoms. The van der Waals surface area contributed by atoms with E-state index < -0.39 is 36.4 Å². The van der Waals surface area contributed by atoms with Crippen molar-refractivity contribution in [3.05, 3.63) is 40.9 Å². The number of ether oxygens (including phenoxy) is 1. The quantitative estimate of drug-likeness (QED) is 0.370. The van der Waals surface area contributed by atoms with Crippen LogP contribution in [-0.4, -0.2) is 41.2 Å². The maximum absolute atomic E-state index is 12.9. The Morgan fingerprint density at radius 3 is 2.20 bits per heavy atom. The number of allylic oxidation sites excluding steroid dienone is 2. The lowest BCUT2D eigenvalue weighted by Crippen LogP contribution is -2.47. The second-order valence-electron chi connectivity index (χ2n) is 8.01. The van der Waals surface area contributed by atoms with Crippen LogP contribution in [-0.2, 0) is 23.9 Å². The summed E-state index contributed by atoms with van der Waals surface area (Å²) >= 11 is 3.32. The number of halogens is 1. The van der Waals surface area contributed by atoms with Crippen molar-refractivity contribution in [3.8, 4) is 0 Å². The number of nitrogens with one attached hydrogen (secondary N) is 1. The fourth-order valence-corrected chi connectivity index (χ4v) is 4.11. The van der Waals surface area contributed by atoms with E-state index >= 15 is 0 Å². The van der Waals surface area contributed by atoms with Gasteiger partial charge in [-0.2, -0.15) is 0 Å². The lowest BCUT2D eigenvalue weighted by molar-refractivity contribution is -0.160. The highest BCUT2D eigenvalue weighted by atomic mass is 79.9. The molecule has 1 aliphatic carbocycles. The summed E-state index contributed by atoms with van der Waals surface area (Å²) in [6.45, 7) is 3.31. The molecule has 0 spiro atoms. The van der Waals surface area contributed by atoms with Gasteiger partial charge < -0.3 is 10.1 Å². The average molecular weight is 477 g/mol. The molecule has 1 N–H and O–H groups in total. The first kappa shape index (κ1) is 22.2. The number of benzene rings is 1. The molecule has 7 nitrogen and oxygen atoms in total. The Labute approximate surface area is 184 Å². The SMILES string of the molecule is CC(C)CC(C(=O)OCC(=O)Nc1ccc(Br)cc1)N1C(=O)C2CC=CCC2C1=O. The molecule has 1 fully saturated rings. The molecule has 30 heavy (non-hydrogen) atoms. The Hall–Kier alpha value is -2.48. The summed E-state index contributed by atoms with van der Waals surface area (Å²) in [5.41, 5.74) is 0.569. The van der Waals surface area contributed by atoms with E-state index in [4.69, 9.17) is 4.74 Å². The zero-order valence-corrected chi connectivity index (χ0v) is 18.6. The molecule has 3 unspecified atom stereocenters. The fraction of sp³-hybridized carbons (Fsp3) is 0.455. The molecule has 1 aromatic rings.